The van der Waals surface area contributed by atoms with Crippen LogP contribution in [0.15, 0.2) is 48.5 Å². The Morgan fingerprint density at radius 1 is 1.19 bits per heavy atom. The Kier molecular flexibility index (Phi) is 4.94. The Hall–Kier alpha value is -2.66. The number of amides is 1. The molecule has 1 aromatic carbocycles. The first-order valence-corrected chi connectivity index (χ1v) is 9.53. The molecule has 1 fully saturated rings. The molecule has 1 amide bonds. The van der Waals surface area contributed by atoms with E-state index in [0.717, 1.165) is 41.7 Å². The van der Waals surface area contributed by atoms with Crippen molar-refractivity contribution in [2.75, 3.05) is 23.3 Å². The van der Waals surface area contributed by atoms with Crippen LogP contribution in [0.25, 0.3) is 10.8 Å². The standard InChI is InChI=1S/C21H21ClN4O/c1-14-6-4-10-18(23-14)24-21(27)16-8-5-11-26(13-16)19-12-15-7-2-3-9-17(15)20(22)25-19/h2-4,6-7,9-10,12,16H,5,8,11,13H2,1H3,(H,23,24,27). The average Bonchev–Trinajstić information content (AvgIpc) is 2.68. The molecule has 1 N–H and O–H groups in total. The van der Waals surface area contributed by atoms with Crippen LogP contribution >= 0.6 is 11.6 Å². The minimum Gasteiger partial charge on any atom is -0.356 e. The van der Waals surface area contributed by atoms with Crippen LogP contribution in [0.1, 0.15) is 18.5 Å². The summed E-state index contributed by atoms with van der Waals surface area (Å²) in [6, 6.07) is 15.6. The van der Waals surface area contributed by atoms with E-state index in [9.17, 15) is 4.79 Å². The SMILES string of the molecule is Cc1cccc(NC(=O)C2CCCN(c3cc4ccccc4c(Cl)n3)C2)n1. The van der Waals surface area contributed by atoms with Crippen LogP contribution in [0.5, 0.6) is 0 Å². The number of aryl methyl sites for hydroxylation is 1. The van der Waals surface area contributed by atoms with Gasteiger partial charge in [0.15, 0.2) is 0 Å². The molecule has 0 bridgehead atoms. The molecule has 27 heavy (non-hydrogen) atoms. The molecule has 0 aliphatic carbocycles. The van der Waals surface area contributed by atoms with Crippen molar-refractivity contribution in [1.82, 2.24) is 9.97 Å². The van der Waals surface area contributed by atoms with Crippen LogP contribution < -0.4 is 10.2 Å². The van der Waals surface area contributed by atoms with E-state index < -0.39 is 0 Å². The van der Waals surface area contributed by atoms with Crippen LogP contribution in [0.4, 0.5) is 11.6 Å². The number of rotatable bonds is 3. The first-order chi connectivity index (χ1) is 13.1. The largest absolute Gasteiger partial charge is 0.356 e. The molecule has 5 nitrogen and oxygen atoms in total. The number of carbonyl (C=O) groups is 1. The van der Waals surface area contributed by atoms with Gasteiger partial charge < -0.3 is 10.2 Å². The molecule has 0 radical (unpaired) electrons. The first-order valence-electron chi connectivity index (χ1n) is 9.15. The summed E-state index contributed by atoms with van der Waals surface area (Å²) < 4.78 is 0. The number of carbonyl (C=O) groups excluding carboxylic acids is 1. The molecule has 6 heteroatoms. The highest BCUT2D eigenvalue weighted by molar-refractivity contribution is 6.34. The molecule has 1 unspecified atom stereocenters. The van der Waals surface area contributed by atoms with Crippen molar-refractivity contribution < 1.29 is 4.79 Å². The Morgan fingerprint density at radius 2 is 2.04 bits per heavy atom. The lowest BCUT2D eigenvalue weighted by molar-refractivity contribution is -0.120. The number of piperidine rings is 1. The lowest BCUT2D eigenvalue weighted by Crippen LogP contribution is -2.41. The van der Waals surface area contributed by atoms with Gasteiger partial charge >= 0.3 is 0 Å². The Bertz CT molecular complexity index is 991. The second kappa shape index (κ2) is 7.53. The zero-order valence-corrected chi connectivity index (χ0v) is 15.9. The number of fused-ring (bicyclic) bond motifs is 1. The van der Waals surface area contributed by atoms with Gasteiger partial charge in [-0.2, -0.15) is 0 Å². The number of nitrogens with one attached hydrogen (secondary N) is 1. The summed E-state index contributed by atoms with van der Waals surface area (Å²) in [6.07, 6.45) is 1.79. The van der Waals surface area contributed by atoms with Gasteiger partial charge in [-0.05, 0) is 43.4 Å². The van der Waals surface area contributed by atoms with Crippen LogP contribution in [-0.4, -0.2) is 29.0 Å². The van der Waals surface area contributed by atoms with Gasteiger partial charge in [0.05, 0.1) is 5.92 Å². The highest BCUT2D eigenvalue weighted by Crippen LogP contribution is 2.29. The number of halogens is 1. The van der Waals surface area contributed by atoms with Gasteiger partial charge in [-0.1, -0.05) is 41.9 Å². The Labute approximate surface area is 163 Å². The fourth-order valence-electron chi connectivity index (χ4n) is 3.55. The maximum Gasteiger partial charge on any atom is 0.230 e. The fraction of sp³-hybridized carbons (Fsp3) is 0.286. The molecular weight excluding hydrogens is 360 g/mol. The molecule has 4 rings (SSSR count). The zero-order chi connectivity index (χ0) is 18.8. The monoisotopic (exact) mass is 380 g/mol. The van der Waals surface area contributed by atoms with Crippen LogP contribution in [-0.2, 0) is 4.79 Å². The third-order valence-electron chi connectivity index (χ3n) is 4.94. The van der Waals surface area contributed by atoms with Gasteiger partial charge in [0.1, 0.15) is 16.8 Å². The van der Waals surface area contributed by atoms with Crippen LogP contribution in [0.2, 0.25) is 5.15 Å². The number of benzene rings is 1. The predicted octanol–water partition coefficient (Wildman–Crippen LogP) is 4.45. The van der Waals surface area contributed by atoms with Gasteiger partial charge in [0.2, 0.25) is 5.91 Å². The average molecular weight is 381 g/mol. The minimum atomic E-state index is -0.104. The summed E-state index contributed by atoms with van der Waals surface area (Å²) in [4.78, 5) is 23.8. The number of aromatic nitrogens is 2. The molecule has 0 saturated carbocycles. The highest BCUT2D eigenvalue weighted by atomic mass is 35.5. The fourth-order valence-corrected chi connectivity index (χ4v) is 3.80. The zero-order valence-electron chi connectivity index (χ0n) is 15.2. The molecule has 1 aliphatic heterocycles. The van der Waals surface area contributed by atoms with E-state index >= 15 is 0 Å². The topological polar surface area (TPSA) is 58.1 Å². The third kappa shape index (κ3) is 3.88. The van der Waals surface area contributed by atoms with Gasteiger partial charge in [-0.15, -0.1) is 0 Å². The van der Waals surface area contributed by atoms with E-state index in [0.29, 0.717) is 17.5 Å². The van der Waals surface area contributed by atoms with E-state index in [1.165, 1.54) is 0 Å². The molecule has 2 aromatic heterocycles. The van der Waals surface area contributed by atoms with Crippen molar-refractivity contribution >= 4 is 39.9 Å². The van der Waals surface area contributed by atoms with Crippen molar-refractivity contribution in [2.45, 2.75) is 19.8 Å². The smallest absolute Gasteiger partial charge is 0.230 e. The van der Waals surface area contributed by atoms with Crippen molar-refractivity contribution in [1.29, 1.82) is 0 Å². The van der Waals surface area contributed by atoms with E-state index in [2.05, 4.69) is 20.2 Å². The Morgan fingerprint density at radius 3 is 2.89 bits per heavy atom. The summed E-state index contributed by atoms with van der Waals surface area (Å²) in [5.74, 6) is 1.33. The first kappa shape index (κ1) is 17.7. The lowest BCUT2D eigenvalue weighted by Gasteiger charge is -2.33. The quantitative estimate of drug-likeness (QED) is 0.682. The van der Waals surface area contributed by atoms with E-state index in [4.69, 9.17) is 11.6 Å². The molecule has 3 heterocycles. The number of pyridine rings is 2. The van der Waals surface area contributed by atoms with Gasteiger partial charge in [0.25, 0.3) is 0 Å². The second-order valence-corrected chi connectivity index (χ2v) is 7.29. The van der Waals surface area contributed by atoms with Gasteiger partial charge in [-0.25, -0.2) is 9.97 Å². The molecule has 3 aromatic rings. The molecule has 138 valence electrons. The number of hydrogen-bond acceptors (Lipinski definition) is 4. The number of anilines is 2. The van der Waals surface area contributed by atoms with E-state index in [1.54, 1.807) is 0 Å². The highest BCUT2D eigenvalue weighted by Gasteiger charge is 2.27. The van der Waals surface area contributed by atoms with Crippen molar-refractivity contribution in [3.05, 3.63) is 59.4 Å². The van der Waals surface area contributed by atoms with Crippen LogP contribution in [0, 0.1) is 12.8 Å². The molecule has 1 aliphatic rings. The maximum atomic E-state index is 12.7. The molecule has 0 spiro atoms. The molecule has 1 atom stereocenters. The van der Waals surface area contributed by atoms with Gasteiger partial charge in [-0.3, -0.25) is 4.79 Å². The summed E-state index contributed by atoms with van der Waals surface area (Å²) in [7, 11) is 0. The number of nitrogens with zero attached hydrogens (tertiary/aromatic N) is 3. The summed E-state index contributed by atoms with van der Waals surface area (Å²) in [5, 5.41) is 5.44. The summed E-state index contributed by atoms with van der Waals surface area (Å²) in [6.45, 7) is 3.40. The maximum absolute atomic E-state index is 12.7. The number of hydrogen-bond donors (Lipinski definition) is 1. The van der Waals surface area contributed by atoms with E-state index in [-0.39, 0.29) is 11.8 Å². The predicted molar refractivity (Wildman–Crippen MR) is 109 cm³/mol. The molecular formula is C21H21ClN4O. The minimum absolute atomic E-state index is 0.00434. The van der Waals surface area contributed by atoms with Crippen molar-refractivity contribution in [3.8, 4) is 0 Å². The Balaban J connectivity index is 1.52. The van der Waals surface area contributed by atoms with Crippen LogP contribution in [0.3, 0.4) is 0 Å². The van der Waals surface area contributed by atoms with E-state index in [1.807, 2.05) is 55.5 Å². The summed E-state index contributed by atoms with van der Waals surface area (Å²) >= 11 is 6.38. The third-order valence-corrected chi connectivity index (χ3v) is 5.22. The lowest BCUT2D eigenvalue weighted by atomic mass is 9.97. The summed E-state index contributed by atoms with van der Waals surface area (Å²) in [5.41, 5.74) is 0.882. The normalized spacial score (nSPS) is 17.1. The second-order valence-electron chi connectivity index (χ2n) is 6.93. The van der Waals surface area contributed by atoms with Gasteiger partial charge in [0, 0.05) is 24.2 Å². The van der Waals surface area contributed by atoms with Crippen molar-refractivity contribution in [2.24, 2.45) is 5.92 Å². The van der Waals surface area contributed by atoms with Crippen molar-refractivity contribution in [3.63, 3.8) is 0 Å². The molecule has 1 saturated heterocycles.